The summed E-state index contributed by atoms with van der Waals surface area (Å²) in [4.78, 5) is 19.3. The van der Waals surface area contributed by atoms with Gasteiger partial charge >= 0.3 is 0 Å². The average molecular weight is 338 g/mol. The topological polar surface area (TPSA) is 57.3 Å². The third-order valence-corrected chi connectivity index (χ3v) is 4.52. The van der Waals surface area contributed by atoms with Crippen LogP contribution in [0.4, 0.5) is 5.82 Å². The van der Waals surface area contributed by atoms with Crippen molar-refractivity contribution in [1.29, 1.82) is 0 Å². The zero-order chi connectivity index (χ0) is 17.5. The van der Waals surface area contributed by atoms with Crippen molar-refractivity contribution >= 4 is 11.7 Å². The Kier molecular flexibility index (Phi) is 6.01. The first-order valence-electron chi connectivity index (χ1n) is 9.06. The van der Waals surface area contributed by atoms with Crippen molar-refractivity contribution in [2.45, 2.75) is 25.8 Å². The summed E-state index contributed by atoms with van der Waals surface area (Å²) in [5.74, 6) is 0.741. The maximum absolute atomic E-state index is 12.5. The van der Waals surface area contributed by atoms with E-state index < -0.39 is 0 Å². The predicted octanol–water partition coefficient (Wildman–Crippen LogP) is 2.76. The van der Waals surface area contributed by atoms with E-state index in [2.05, 4.69) is 51.7 Å². The molecule has 1 aromatic heterocycles. The van der Waals surface area contributed by atoms with Crippen LogP contribution in [-0.2, 0) is 0 Å². The van der Waals surface area contributed by atoms with E-state index in [1.165, 1.54) is 5.56 Å². The lowest BCUT2D eigenvalue weighted by molar-refractivity contribution is 0.0953. The number of benzene rings is 1. The number of unbranched alkanes of at least 4 members (excludes halogenated alkanes) is 1. The number of carbonyl (C=O) groups excluding carboxylic acids is 1. The minimum absolute atomic E-state index is 0.0358. The molecule has 0 unspecified atom stereocenters. The number of nitrogens with one attached hydrogen (secondary N) is 2. The number of piperazine rings is 1. The van der Waals surface area contributed by atoms with Crippen LogP contribution in [0.1, 0.15) is 41.7 Å². The first-order valence-corrected chi connectivity index (χ1v) is 9.06. The van der Waals surface area contributed by atoms with Gasteiger partial charge < -0.3 is 15.5 Å². The van der Waals surface area contributed by atoms with Crippen LogP contribution in [-0.4, -0.2) is 37.1 Å². The number of carbonyl (C=O) groups is 1. The molecule has 0 bridgehead atoms. The number of amides is 1. The fourth-order valence-electron chi connectivity index (χ4n) is 3.15. The third-order valence-electron chi connectivity index (χ3n) is 4.52. The number of rotatable bonds is 6. The maximum atomic E-state index is 12.5. The number of pyridine rings is 1. The van der Waals surface area contributed by atoms with Crippen molar-refractivity contribution in [1.82, 2.24) is 15.6 Å². The van der Waals surface area contributed by atoms with Gasteiger partial charge in [-0.15, -0.1) is 0 Å². The van der Waals surface area contributed by atoms with Crippen molar-refractivity contribution in [3.63, 3.8) is 0 Å². The summed E-state index contributed by atoms with van der Waals surface area (Å²) in [6.07, 6.45) is 3.82. The molecule has 1 atom stereocenters. The third kappa shape index (κ3) is 4.37. The van der Waals surface area contributed by atoms with Crippen molar-refractivity contribution < 1.29 is 4.79 Å². The van der Waals surface area contributed by atoms with E-state index in [1.54, 1.807) is 6.20 Å². The highest BCUT2D eigenvalue weighted by Crippen LogP contribution is 2.23. The molecule has 1 aliphatic rings. The molecule has 0 aliphatic carbocycles. The molecule has 2 aromatic rings. The molecule has 5 nitrogen and oxygen atoms in total. The van der Waals surface area contributed by atoms with E-state index in [0.29, 0.717) is 12.1 Å². The van der Waals surface area contributed by atoms with Crippen LogP contribution in [0, 0.1) is 0 Å². The maximum Gasteiger partial charge on any atom is 0.255 e. The molecule has 1 aromatic carbocycles. The quantitative estimate of drug-likeness (QED) is 0.795. The summed E-state index contributed by atoms with van der Waals surface area (Å²) < 4.78 is 0. The lowest BCUT2D eigenvalue weighted by Gasteiger charge is -2.35. The summed E-state index contributed by atoms with van der Waals surface area (Å²) in [6, 6.07) is 14.4. The molecular weight excluding hydrogens is 312 g/mol. The monoisotopic (exact) mass is 338 g/mol. The standard InChI is InChI=1S/C20H26N4O/c1-2-3-11-23-20(25)17-10-7-12-22-19(17)24-14-13-21-18(15-24)16-8-5-4-6-9-16/h4-10,12,18,21H,2-3,11,13-15H2,1H3,(H,23,25)/t18-/m1/s1. The molecule has 0 saturated carbocycles. The van der Waals surface area contributed by atoms with Gasteiger partial charge in [-0.1, -0.05) is 43.7 Å². The molecule has 132 valence electrons. The molecule has 2 heterocycles. The Morgan fingerprint density at radius 2 is 2.12 bits per heavy atom. The van der Waals surface area contributed by atoms with Gasteiger partial charge in [0.2, 0.25) is 0 Å². The van der Waals surface area contributed by atoms with Crippen LogP contribution in [0.2, 0.25) is 0 Å². The molecule has 2 N–H and O–H groups in total. The van der Waals surface area contributed by atoms with Crippen molar-refractivity contribution in [2.75, 3.05) is 31.1 Å². The molecule has 1 saturated heterocycles. The normalized spacial score (nSPS) is 17.3. The van der Waals surface area contributed by atoms with Gasteiger partial charge in [-0.05, 0) is 24.1 Å². The molecule has 25 heavy (non-hydrogen) atoms. The molecule has 1 aliphatic heterocycles. The lowest BCUT2D eigenvalue weighted by atomic mass is 10.0. The smallest absolute Gasteiger partial charge is 0.255 e. The van der Waals surface area contributed by atoms with Crippen LogP contribution >= 0.6 is 0 Å². The SMILES string of the molecule is CCCCNC(=O)c1cccnc1N1CCN[C@@H](c2ccccc2)C1. The van der Waals surface area contributed by atoms with E-state index in [4.69, 9.17) is 0 Å². The fourth-order valence-corrected chi connectivity index (χ4v) is 3.15. The van der Waals surface area contributed by atoms with E-state index in [9.17, 15) is 4.79 Å². The van der Waals surface area contributed by atoms with Crippen LogP contribution in [0.5, 0.6) is 0 Å². The van der Waals surface area contributed by atoms with Crippen LogP contribution in [0.15, 0.2) is 48.7 Å². The highest BCUT2D eigenvalue weighted by Gasteiger charge is 2.24. The summed E-state index contributed by atoms with van der Waals surface area (Å²) in [5.41, 5.74) is 1.92. The van der Waals surface area contributed by atoms with Crippen molar-refractivity contribution in [3.8, 4) is 0 Å². The molecule has 1 fully saturated rings. The second-order valence-electron chi connectivity index (χ2n) is 6.35. The molecule has 0 spiro atoms. The summed E-state index contributed by atoms with van der Waals surface area (Å²) in [6.45, 7) is 5.34. The first-order chi connectivity index (χ1) is 12.3. The van der Waals surface area contributed by atoms with Gasteiger partial charge in [-0.3, -0.25) is 4.79 Å². The number of nitrogens with zero attached hydrogens (tertiary/aromatic N) is 2. The minimum Gasteiger partial charge on any atom is -0.353 e. The number of anilines is 1. The second kappa shape index (κ2) is 8.62. The van der Waals surface area contributed by atoms with Gasteiger partial charge in [-0.25, -0.2) is 4.98 Å². The van der Waals surface area contributed by atoms with Gasteiger partial charge in [0.15, 0.2) is 0 Å². The molecule has 1 amide bonds. The van der Waals surface area contributed by atoms with Crippen LogP contribution in [0.3, 0.4) is 0 Å². The van der Waals surface area contributed by atoms with Gasteiger partial charge in [0, 0.05) is 38.4 Å². The number of hydrogen-bond acceptors (Lipinski definition) is 4. The van der Waals surface area contributed by atoms with Gasteiger partial charge in [0.05, 0.1) is 5.56 Å². The van der Waals surface area contributed by atoms with E-state index in [1.807, 2.05) is 18.2 Å². The van der Waals surface area contributed by atoms with Crippen LogP contribution in [0.25, 0.3) is 0 Å². The Bertz CT molecular complexity index is 689. The molecule has 0 radical (unpaired) electrons. The van der Waals surface area contributed by atoms with E-state index in [0.717, 1.165) is 38.3 Å². The van der Waals surface area contributed by atoms with E-state index >= 15 is 0 Å². The summed E-state index contributed by atoms with van der Waals surface area (Å²) in [5, 5.41) is 6.56. The van der Waals surface area contributed by atoms with Crippen molar-refractivity contribution in [3.05, 3.63) is 59.8 Å². The summed E-state index contributed by atoms with van der Waals surface area (Å²) in [7, 11) is 0. The zero-order valence-electron chi connectivity index (χ0n) is 14.7. The highest BCUT2D eigenvalue weighted by atomic mass is 16.1. The van der Waals surface area contributed by atoms with Gasteiger partial charge in [0.25, 0.3) is 5.91 Å². The fraction of sp³-hybridized carbons (Fsp3) is 0.400. The predicted molar refractivity (Wildman–Crippen MR) is 101 cm³/mol. The Hall–Kier alpha value is -2.40. The summed E-state index contributed by atoms with van der Waals surface area (Å²) >= 11 is 0. The van der Waals surface area contributed by atoms with Crippen molar-refractivity contribution in [2.24, 2.45) is 0 Å². The Morgan fingerprint density at radius 1 is 1.28 bits per heavy atom. The largest absolute Gasteiger partial charge is 0.353 e. The lowest BCUT2D eigenvalue weighted by Crippen LogP contribution is -2.46. The number of aromatic nitrogens is 1. The van der Waals surface area contributed by atoms with Crippen LogP contribution < -0.4 is 15.5 Å². The first kappa shape index (κ1) is 17.4. The average Bonchev–Trinajstić information content (AvgIpc) is 2.69. The molecule has 3 rings (SSSR count). The Morgan fingerprint density at radius 3 is 2.92 bits per heavy atom. The zero-order valence-corrected chi connectivity index (χ0v) is 14.7. The Labute approximate surface area is 149 Å². The minimum atomic E-state index is -0.0358. The molecular formula is C20H26N4O. The van der Waals surface area contributed by atoms with E-state index in [-0.39, 0.29) is 11.9 Å². The number of hydrogen-bond donors (Lipinski definition) is 2. The highest BCUT2D eigenvalue weighted by molar-refractivity contribution is 5.98. The molecule has 5 heteroatoms. The second-order valence-corrected chi connectivity index (χ2v) is 6.35. The van der Waals surface area contributed by atoms with Gasteiger partial charge in [-0.2, -0.15) is 0 Å². The Balaban J connectivity index is 1.76. The van der Waals surface area contributed by atoms with Gasteiger partial charge in [0.1, 0.15) is 5.82 Å².